The predicted molar refractivity (Wildman–Crippen MR) is 158 cm³/mol. The fourth-order valence-corrected chi connectivity index (χ4v) is 5.55. The average molecular weight is 564 g/mol. The number of carbonyl (C=O) groups excluding carboxylic acids is 1. The van der Waals surface area contributed by atoms with Crippen molar-refractivity contribution in [1.82, 2.24) is 9.55 Å². The third-order valence-electron chi connectivity index (χ3n) is 7.56. The minimum atomic E-state index is -3.50. The molecule has 0 bridgehead atoms. The Morgan fingerprint density at radius 1 is 1.07 bits per heavy atom. The molecule has 1 aromatic heterocycles. The molecule has 2 aromatic carbocycles. The molecule has 1 aliphatic heterocycles. The molecule has 3 aromatic rings. The summed E-state index contributed by atoms with van der Waals surface area (Å²) < 4.78 is 28.7. The Morgan fingerprint density at radius 2 is 1.77 bits per heavy atom. The van der Waals surface area contributed by atoms with Crippen LogP contribution in [0.25, 0.3) is 0 Å². The lowest BCUT2D eigenvalue weighted by molar-refractivity contribution is 0.102. The Hall–Kier alpha value is -3.73. The van der Waals surface area contributed by atoms with Gasteiger partial charge in [-0.15, -0.1) is 0 Å². The van der Waals surface area contributed by atoms with Crippen molar-refractivity contribution < 1.29 is 13.2 Å². The zero-order chi connectivity index (χ0) is 29.0. The molecule has 1 fully saturated rings. The largest absolute Gasteiger partial charge is 0.333 e. The molecule has 5 rings (SSSR count). The van der Waals surface area contributed by atoms with Gasteiger partial charge in [0.05, 0.1) is 36.1 Å². The van der Waals surface area contributed by atoms with Crippen LogP contribution in [-0.4, -0.2) is 36.7 Å². The van der Waals surface area contributed by atoms with Gasteiger partial charge in [-0.2, -0.15) is 5.11 Å². The highest BCUT2D eigenvalue weighted by molar-refractivity contribution is 7.92. The average Bonchev–Trinajstić information content (AvgIpc) is 3.45. The van der Waals surface area contributed by atoms with E-state index in [0.29, 0.717) is 35.0 Å². The second-order valence-electron chi connectivity index (χ2n) is 12.0. The van der Waals surface area contributed by atoms with Gasteiger partial charge in [0.1, 0.15) is 11.9 Å². The first kappa shape index (κ1) is 27.8. The molecular formula is C29H37N7O3S. The predicted octanol–water partition coefficient (Wildman–Crippen LogP) is 5.76. The van der Waals surface area contributed by atoms with Gasteiger partial charge in [0.25, 0.3) is 5.91 Å². The first-order valence-corrected chi connectivity index (χ1v) is 15.3. The van der Waals surface area contributed by atoms with E-state index in [1.807, 2.05) is 70.2 Å². The highest BCUT2D eigenvalue weighted by Gasteiger charge is 2.32. The van der Waals surface area contributed by atoms with Crippen molar-refractivity contribution in [3.63, 3.8) is 0 Å². The summed E-state index contributed by atoms with van der Waals surface area (Å²) >= 11 is 0. The third kappa shape index (κ3) is 5.74. The number of nitrogens with zero attached hydrogens (tertiary/aromatic N) is 5. The highest BCUT2D eigenvalue weighted by Crippen LogP contribution is 2.41. The quantitative estimate of drug-likeness (QED) is 0.378. The van der Waals surface area contributed by atoms with Gasteiger partial charge in [0, 0.05) is 24.2 Å². The summed E-state index contributed by atoms with van der Waals surface area (Å²) in [5.41, 5.74) is 5.55. The number of amides is 1. The number of aryl methyl sites for hydroxylation is 1. The van der Waals surface area contributed by atoms with E-state index in [4.69, 9.17) is 0 Å². The van der Waals surface area contributed by atoms with Crippen molar-refractivity contribution in [3.05, 3.63) is 70.3 Å². The second kappa shape index (κ2) is 10.0. The van der Waals surface area contributed by atoms with Gasteiger partial charge in [-0.1, -0.05) is 32.1 Å². The zero-order valence-electron chi connectivity index (χ0n) is 24.1. The number of benzene rings is 2. The molecule has 212 valence electrons. The van der Waals surface area contributed by atoms with Crippen molar-refractivity contribution in [3.8, 4) is 0 Å². The minimum absolute atomic E-state index is 0.134. The van der Waals surface area contributed by atoms with E-state index in [-0.39, 0.29) is 17.4 Å². The van der Waals surface area contributed by atoms with Crippen molar-refractivity contribution >= 4 is 33.0 Å². The van der Waals surface area contributed by atoms with Crippen LogP contribution in [0.15, 0.2) is 46.9 Å². The number of anilines is 3. The van der Waals surface area contributed by atoms with Crippen LogP contribution in [-0.2, 0) is 22.5 Å². The molecule has 40 heavy (non-hydrogen) atoms. The summed E-state index contributed by atoms with van der Waals surface area (Å²) in [7, 11) is -1.46. The van der Waals surface area contributed by atoms with Gasteiger partial charge in [-0.05, 0) is 73.1 Å². The van der Waals surface area contributed by atoms with Crippen LogP contribution in [0, 0.1) is 13.8 Å². The summed E-state index contributed by atoms with van der Waals surface area (Å²) in [5.74, 6) is 1.37. The number of sulfonamides is 1. The molecule has 1 atom stereocenters. The Labute approximate surface area is 235 Å². The topological polar surface area (TPSA) is 121 Å². The monoisotopic (exact) mass is 563 g/mol. The molecule has 1 unspecified atom stereocenters. The zero-order valence-corrected chi connectivity index (χ0v) is 24.9. The fraction of sp³-hybridized carbons (Fsp3) is 0.448. The van der Waals surface area contributed by atoms with E-state index in [2.05, 4.69) is 29.9 Å². The molecule has 10 nitrogen and oxygen atoms in total. The van der Waals surface area contributed by atoms with Crippen LogP contribution in [0.1, 0.15) is 84.1 Å². The van der Waals surface area contributed by atoms with Gasteiger partial charge >= 0.3 is 0 Å². The highest BCUT2D eigenvalue weighted by atomic mass is 32.2. The van der Waals surface area contributed by atoms with E-state index >= 15 is 0 Å². The first-order chi connectivity index (χ1) is 18.7. The molecule has 11 heteroatoms. The first-order valence-electron chi connectivity index (χ1n) is 13.5. The second-order valence-corrected chi connectivity index (χ2v) is 13.7. The van der Waals surface area contributed by atoms with E-state index in [0.717, 1.165) is 34.6 Å². The van der Waals surface area contributed by atoms with Crippen molar-refractivity contribution in [1.29, 1.82) is 0 Å². The van der Waals surface area contributed by atoms with Crippen molar-refractivity contribution in [2.75, 3.05) is 27.8 Å². The Morgan fingerprint density at radius 3 is 2.42 bits per heavy atom. The number of carbonyl (C=O) groups is 1. The summed E-state index contributed by atoms with van der Waals surface area (Å²) in [6.45, 7) is 10.4. The summed E-state index contributed by atoms with van der Waals surface area (Å²) in [5, 5.41) is 13.8. The molecule has 1 aliphatic carbocycles. The minimum Gasteiger partial charge on any atom is -0.333 e. The van der Waals surface area contributed by atoms with Crippen LogP contribution in [0.5, 0.6) is 0 Å². The van der Waals surface area contributed by atoms with Gasteiger partial charge < -0.3 is 9.88 Å². The lowest BCUT2D eigenvalue weighted by atomic mass is 9.85. The molecule has 1 amide bonds. The molecule has 0 radical (unpaired) electrons. The van der Waals surface area contributed by atoms with Crippen LogP contribution >= 0.6 is 0 Å². The number of aromatic nitrogens is 2. The van der Waals surface area contributed by atoms with E-state index in [9.17, 15) is 13.2 Å². The molecule has 2 aliphatic rings. The summed E-state index contributed by atoms with van der Waals surface area (Å²) in [6.07, 6.45) is 5.39. The molecule has 0 saturated heterocycles. The molecule has 1 saturated carbocycles. The summed E-state index contributed by atoms with van der Waals surface area (Å²) in [4.78, 5) is 18.1. The smallest absolute Gasteiger partial charge is 0.255 e. The van der Waals surface area contributed by atoms with E-state index < -0.39 is 10.0 Å². The van der Waals surface area contributed by atoms with Gasteiger partial charge in [-0.25, -0.2) is 18.4 Å². The van der Waals surface area contributed by atoms with Gasteiger partial charge in [0.2, 0.25) is 10.0 Å². The number of nitrogens with one attached hydrogen (secondary N) is 2. The maximum absolute atomic E-state index is 13.5. The standard InChI is InChI=1S/C29H37N7O3S/c1-17-8-9-20(12-25(17)36-16-24(32-34-36)26-15-30-27(35(26)6)19-10-11-19)28(37)31-22-13-21(29(3,4)5)14-23(18(22)2)33-40(7,38)39/h8-9,12-15,19,24,33H,10-11,16H2,1-7H3,(H,31,37). The van der Waals surface area contributed by atoms with Gasteiger partial charge in [0.15, 0.2) is 0 Å². The number of hydrogen-bond acceptors (Lipinski definition) is 7. The molecular weight excluding hydrogens is 526 g/mol. The van der Waals surface area contributed by atoms with Crippen molar-refractivity contribution in [2.24, 2.45) is 17.4 Å². The number of imidazole rings is 1. The summed E-state index contributed by atoms with van der Waals surface area (Å²) in [6, 6.07) is 9.09. The van der Waals surface area contributed by atoms with Gasteiger partial charge in [-0.3, -0.25) is 9.52 Å². The van der Waals surface area contributed by atoms with Crippen molar-refractivity contribution in [2.45, 2.75) is 64.8 Å². The molecule has 2 heterocycles. The van der Waals surface area contributed by atoms with Crippen LogP contribution < -0.4 is 15.0 Å². The number of rotatable bonds is 7. The van der Waals surface area contributed by atoms with Crippen LogP contribution in [0.2, 0.25) is 0 Å². The third-order valence-corrected chi connectivity index (χ3v) is 8.15. The Balaban J connectivity index is 1.39. The van der Waals surface area contributed by atoms with E-state index in [1.165, 1.54) is 12.8 Å². The molecule has 2 N–H and O–H groups in total. The Kier molecular flexibility index (Phi) is 6.98. The number of hydrogen-bond donors (Lipinski definition) is 2. The fourth-order valence-electron chi connectivity index (χ4n) is 4.93. The Bertz CT molecular complexity index is 1610. The normalized spacial score (nSPS) is 17.4. The van der Waals surface area contributed by atoms with E-state index in [1.54, 1.807) is 13.0 Å². The SMILES string of the molecule is Cc1ccc(C(=O)Nc2cc(C(C)(C)C)cc(NS(C)(=O)=O)c2C)cc1N1CC(c2cnc(C3CC3)n2C)N=N1. The molecule has 0 spiro atoms. The maximum Gasteiger partial charge on any atom is 0.255 e. The maximum atomic E-state index is 13.5. The lowest BCUT2D eigenvalue weighted by Crippen LogP contribution is -2.20. The lowest BCUT2D eigenvalue weighted by Gasteiger charge is -2.23. The van der Waals surface area contributed by atoms with Crippen LogP contribution in [0.4, 0.5) is 17.1 Å². The van der Waals surface area contributed by atoms with Crippen LogP contribution in [0.3, 0.4) is 0 Å².